The molecule has 0 saturated carbocycles. The monoisotopic (exact) mass is 437 g/mol. The highest BCUT2D eigenvalue weighted by molar-refractivity contribution is 7.22. The summed E-state index contributed by atoms with van der Waals surface area (Å²) in [6, 6.07) is 11.4. The summed E-state index contributed by atoms with van der Waals surface area (Å²) >= 11 is 1.30. The molecule has 1 amide bonds. The molecule has 8 heteroatoms. The van der Waals surface area contributed by atoms with Crippen molar-refractivity contribution < 1.29 is 14.3 Å². The Kier molecular flexibility index (Phi) is 6.01. The molecule has 0 aliphatic rings. The van der Waals surface area contributed by atoms with Crippen molar-refractivity contribution in [1.29, 1.82) is 0 Å². The van der Waals surface area contributed by atoms with Gasteiger partial charge in [-0.15, -0.1) is 11.3 Å². The molecule has 1 aromatic carbocycles. The maximum Gasteiger partial charge on any atom is 0.267 e. The van der Waals surface area contributed by atoms with Crippen LogP contribution >= 0.6 is 11.3 Å². The molecule has 160 valence electrons. The van der Waals surface area contributed by atoms with E-state index in [4.69, 9.17) is 9.47 Å². The lowest BCUT2D eigenvalue weighted by Gasteiger charge is -2.16. The van der Waals surface area contributed by atoms with Crippen LogP contribution in [0.3, 0.4) is 0 Å². The summed E-state index contributed by atoms with van der Waals surface area (Å²) < 4.78 is 13.6. The SMILES string of the molecule is COCCN(C)C(=O)c1sc2c(c1OCc1ccncc1)c(=O)n(C)c1ccccc21. The predicted octanol–water partition coefficient (Wildman–Crippen LogP) is 3.45. The van der Waals surface area contributed by atoms with Crippen LogP contribution in [0.15, 0.2) is 53.6 Å². The van der Waals surface area contributed by atoms with Gasteiger partial charge in [-0.05, 0) is 23.8 Å². The van der Waals surface area contributed by atoms with Crippen LogP contribution in [-0.2, 0) is 18.4 Å². The van der Waals surface area contributed by atoms with Crippen molar-refractivity contribution in [2.75, 3.05) is 27.3 Å². The molecule has 0 saturated heterocycles. The lowest BCUT2D eigenvalue weighted by atomic mass is 10.1. The van der Waals surface area contributed by atoms with Crippen molar-refractivity contribution in [3.05, 3.63) is 69.6 Å². The quantitative estimate of drug-likeness (QED) is 0.443. The van der Waals surface area contributed by atoms with Gasteiger partial charge in [-0.1, -0.05) is 18.2 Å². The van der Waals surface area contributed by atoms with E-state index in [9.17, 15) is 9.59 Å². The molecule has 0 radical (unpaired) electrons. The smallest absolute Gasteiger partial charge is 0.267 e. The zero-order valence-corrected chi connectivity index (χ0v) is 18.4. The van der Waals surface area contributed by atoms with Gasteiger partial charge in [0.2, 0.25) is 0 Å². The minimum Gasteiger partial charge on any atom is -0.486 e. The highest BCUT2D eigenvalue weighted by Gasteiger charge is 2.26. The Morgan fingerprint density at radius 2 is 1.94 bits per heavy atom. The van der Waals surface area contributed by atoms with E-state index in [0.29, 0.717) is 29.2 Å². The molecule has 7 nitrogen and oxygen atoms in total. The zero-order chi connectivity index (χ0) is 22.0. The van der Waals surface area contributed by atoms with Crippen LogP contribution in [-0.4, -0.2) is 47.7 Å². The van der Waals surface area contributed by atoms with E-state index >= 15 is 0 Å². The van der Waals surface area contributed by atoms with Gasteiger partial charge in [-0.3, -0.25) is 14.6 Å². The lowest BCUT2D eigenvalue weighted by molar-refractivity contribution is 0.0745. The van der Waals surface area contributed by atoms with E-state index in [-0.39, 0.29) is 18.1 Å². The molecule has 3 aromatic heterocycles. The summed E-state index contributed by atoms with van der Waals surface area (Å²) in [5.41, 5.74) is 1.53. The minimum absolute atomic E-state index is 0.187. The van der Waals surface area contributed by atoms with Crippen molar-refractivity contribution >= 4 is 38.2 Å². The van der Waals surface area contributed by atoms with Crippen molar-refractivity contribution in [3.8, 4) is 5.75 Å². The number of hydrogen-bond donors (Lipinski definition) is 0. The average molecular weight is 438 g/mol. The predicted molar refractivity (Wildman–Crippen MR) is 122 cm³/mol. The number of thiophene rings is 1. The molecule has 0 spiro atoms. The maximum atomic E-state index is 13.3. The largest absolute Gasteiger partial charge is 0.486 e. The number of pyridine rings is 2. The minimum atomic E-state index is -0.200. The van der Waals surface area contributed by atoms with E-state index in [2.05, 4.69) is 4.98 Å². The number of rotatable bonds is 7. The van der Waals surface area contributed by atoms with E-state index in [1.807, 2.05) is 36.4 Å². The molecule has 0 fully saturated rings. The molecule has 3 heterocycles. The number of methoxy groups -OCH3 is 1. The van der Waals surface area contributed by atoms with Gasteiger partial charge >= 0.3 is 0 Å². The van der Waals surface area contributed by atoms with E-state index in [1.165, 1.54) is 11.3 Å². The number of aryl methyl sites for hydroxylation is 1. The first kappa shape index (κ1) is 21.0. The fraction of sp³-hybridized carbons (Fsp3) is 0.261. The Morgan fingerprint density at radius 1 is 1.19 bits per heavy atom. The van der Waals surface area contributed by atoms with Gasteiger partial charge in [0.15, 0.2) is 5.75 Å². The van der Waals surface area contributed by atoms with Crippen LogP contribution in [0, 0.1) is 0 Å². The number of carbonyl (C=O) groups is 1. The molecular formula is C23H23N3O4S. The fourth-order valence-corrected chi connectivity index (χ4v) is 4.72. The molecule has 0 N–H and O–H groups in total. The molecule has 31 heavy (non-hydrogen) atoms. The topological polar surface area (TPSA) is 73.7 Å². The standard InChI is InChI=1S/C23H23N3O4S/c1-25(12-13-29-3)23(28)21-19(30-14-15-8-10-24-11-9-15)18-20(31-21)16-6-4-5-7-17(16)26(2)22(18)27/h4-11H,12-14H2,1-3H3. The summed E-state index contributed by atoms with van der Waals surface area (Å²) in [6.07, 6.45) is 3.36. The third kappa shape index (κ3) is 3.92. The Morgan fingerprint density at radius 3 is 2.68 bits per heavy atom. The van der Waals surface area contributed by atoms with Gasteiger partial charge in [0, 0.05) is 45.5 Å². The number of likely N-dealkylation sites (N-methyl/N-ethyl adjacent to an activating group) is 1. The van der Waals surface area contributed by atoms with Crippen molar-refractivity contribution in [3.63, 3.8) is 0 Å². The first-order chi connectivity index (χ1) is 15.0. The van der Waals surface area contributed by atoms with E-state index < -0.39 is 0 Å². The Labute approximate surface area is 183 Å². The van der Waals surface area contributed by atoms with Gasteiger partial charge < -0.3 is 18.9 Å². The van der Waals surface area contributed by atoms with Gasteiger partial charge in [0.25, 0.3) is 11.5 Å². The second kappa shape index (κ2) is 8.87. The Hall–Kier alpha value is -3.23. The molecule has 0 aliphatic carbocycles. The molecule has 0 bridgehead atoms. The van der Waals surface area contributed by atoms with Crippen molar-refractivity contribution in [1.82, 2.24) is 14.5 Å². The van der Waals surface area contributed by atoms with Crippen LogP contribution < -0.4 is 10.3 Å². The second-order valence-electron chi connectivity index (χ2n) is 7.21. The summed E-state index contributed by atoms with van der Waals surface area (Å²) in [7, 11) is 5.05. The number of para-hydroxylation sites is 1. The summed E-state index contributed by atoms with van der Waals surface area (Å²) in [5.74, 6) is 0.131. The molecule has 4 aromatic rings. The third-order valence-electron chi connectivity index (χ3n) is 5.20. The van der Waals surface area contributed by atoms with Crippen LogP contribution in [0.25, 0.3) is 21.0 Å². The number of aromatic nitrogens is 2. The molecule has 4 rings (SSSR count). The number of ether oxygens (including phenoxy) is 2. The number of nitrogens with zero attached hydrogens (tertiary/aromatic N) is 3. The van der Waals surface area contributed by atoms with Crippen LogP contribution in [0.4, 0.5) is 0 Å². The van der Waals surface area contributed by atoms with Gasteiger partial charge in [0.1, 0.15) is 16.9 Å². The second-order valence-corrected chi connectivity index (χ2v) is 8.23. The number of carbonyl (C=O) groups excluding carboxylic acids is 1. The van der Waals surface area contributed by atoms with Crippen molar-refractivity contribution in [2.45, 2.75) is 6.61 Å². The summed E-state index contributed by atoms with van der Waals surface area (Å²) in [4.78, 5) is 32.6. The fourth-order valence-electron chi connectivity index (χ4n) is 3.45. The maximum absolute atomic E-state index is 13.3. The van der Waals surface area contributed by atoms with Gasteiger partial charge in [-0.2, -0.15) is 0 Å². The molecule has 0 unspecified atom stereocenters. The van der Waals surface area contributed by atoms with Gasteiger partial charge in [-0.25, -0.2) is 0 Å². The number of benzene rings is 1. The molecular weight excluding hydrogens is 414 g/mol. The number of amides is 1. The normalized spacial score (nSPS) is 11.2. The number of fused-ring (bicyclic) bond motifs is 3. The highest BCUT2D eigenvalue weighted by atomic mass is 32.1. The molecule has 0 aliphatic heterocycles. The first-order valence-corrected chi connectivity index (χ1v) is 10.6. The number of hydrogen-bond acceptors (Lipinski definition) is 6. The van der Waals surface area contributed by atoms with Crippen LogP contribution in [0.5, 0.6) is 5.75 Å². The van der Waals surface area contributed by atoms with Crippen LogP contribution in [0.1, 0.15) is 15.2 Å². The van der Waals surface area contributed by atoms with Crippen molar-refractivity contribution in [2.24, 2.45) is 7.05 Å². The first-order valence-electron chi connectivity index (χ1n) is 9.83. The van der Waals surface area contributed by atoms with E-state index in [0.717, 1.165) is 21.2 Å². The average Bonchev–Trinajstić information content (AvgIpc) is 3.19. The molecule has 0 atom stereocenters. The zero-order valence-electron chi connectivity index (χ0n) is 17.6. The Balaban J connectivity index is 1.90. The Bertz CT molecular complexity index is 1300. The van der Waals surface area contributed by atoms with Crippen LogP contribution in [0.2, 0.25) is 0 Å². The van der Waals surface area contributed by atoms with Gasteiger partial charge in [0.05, 0.1) is 16.8 Å². The van der Waals surface area contributed by atoms with E-state index in [1.54, 1.807) is 43.1 Å². The third-order valence-corrected chi connectivity index (χ3v) is 6.39. The highest BCUT2D eigenvalue weighted by Crippen LogP contribution is 2.40. The lowest BCUT2D eigenvalue weighted by Crippen LogP contribution is -2.29. The summed E-state index contributed by atoms with van der Waals surface area (Å²) in [5, 5.41) is 1.35. The summed E-state index contributed by atoms with van der Waals surface area (Å²) in [6.45, 7) is 1.09.